The van der Waals surface area contributed by atoms with Gasteiger partial charge in [0, 0.05) is 41.3 Å². The van der Waals surface area contributed by atoms with Crippen LogP contribution in [0.15, 0.2) is 67.1 Å². The minimum atomic E-state index is -0.245. The van der Waals surface area contributed by atoms with Crippen molar-refractivity contribution in [2.75, 3.05) is 6.54 Å². The number of aromatic nitrogens is 3. The molecule has 0 unspecified atom stereocenters. The van der Waals surface area contributed by atoms with Gasteiger partial charge in [0.1, 0.15) is 5.69 Å². The molecule has 0 saturated carbocycles. The Morgan fingerprint density at radius 3 is 2.68 bits per heavy atom. The number of rotatable bonds is 5. The number of carbonyl (C=O) groups excluding carboxylic acids is 1. The third-order valence-electron chi connectivity index (χ3n) is 4.40. The average Bonchev–Trinajstić information content (AvgIpc) is 3.18. The quantitative estimate of drug-likeness (QED) is 0.519. The topological polar surface area (TPSA) is 59.3 Å². The summed E-state index contributed by atoms with van der Waals surface area (Å²) in [6.45, 7) is 0.495. The molecule has 5 nitrogen and oxygen atoms in total. The van der Waals surface area contributed by atoms with Gasteiger partial charge in [-0.15, -0.1) is 0 Å². The van der Waals surface area contributed by atoms with E-state index in [-0.39, 0.29) is 5.91 Å². The summed E-state index contributed by atoms with van der Waals surface area (Å²) >= 11 is 12.2. The molecule has 3 aromatic heterocycles. The van der Waals surface area contributed by atoms with Crippen LogP contribution < -0.4 is 5.32 Å². The van der Waals surface area contributed by atoms with Crippen molar-refractivity contribution >= 4 is 34.6 Å². The molecule has 28 heavy (non-hydrogen) atoms. The number of hydrogen-bond donors (Lipinski definition) is 1. The minimum Gasteiger partial charge on any atom is -0.350 e. The molecular weight excluding hydrogens is 395 g/mol. The van der Waals surface area contributed by atoms with Gasteiger partial charge >= 0.3 is 0 Å². The van der Waals surface area contributed by atoms with Gasteiger partial charge < -0.3 is 5.32 Å². The number of hydrogen-bond acceptors (Lipinski definition) is 3. The van der Waals surface area contributed by atoms with Crippen molar-refractivity contribution in [1.29, 1.82) is 0 Å². The number of amides is 1. The number of nitrogens with one attached hydrogen (secondary N) is 1. The van der Waals surface area contributed by atoms with E-state index in [9.17, 15) is 4.79 Å². The van der Waals surface area contributed by atoms with Gasteiger partial charge in [0.2, 0.25) is 0 Å². The van der Waals surface area contributed by atoms with E-state index in [1.165, 1.54) is 0 Å². The first-order valence-corrected chi connectivity index (χ1v) is 9.48. The summed E-state index contributed by atoms with van der Waals surface area (Å²) < 4.78 is 1.67. The van der Waals surface area contributed by atoms with Crippen LogP contribution in [0, 0.1) is 0 Å². The van der Waals surface area contributed by atoms with Gasteiger partial charge in [-0.25, -0.2) is 4.52 Å². The van der Waals surface area contributed by atoms with Gasteiger partial charge in [0.15, 0.2) is 0 Å². The zero-order valence-corrected chi connectivity index (χ0v) is 16.3. The van der Waals surface area contributed by atoms with Crippen molar-refractivity contribution in [3.8, 4) is 11.1 Å². The van der Waals surface area contributed by atoms with Crippen LogP contribution in [-0.2, 0) is 6.42 Å². The van der Waals surface area contributed by atoms with Crippen molar-refractivity contribution in [2.24, 2.45) is 0 Å². The fourth-order valence-corrected chi connectivity index (χ4v) is 3.33. The smallest absolute Gasteiger partial charge is 0.271 e. The van der Waals surface area contributed by atoms with Gasteiger partial charge in [-0.05, 0) is 48.4 Å². The van der Waals surface area contributed by atoms with Crippen molar-refractivity contribution in [1.82, 2.24) is 19.9 Å². The molecule has 3 heterocycles. The second kappa shape index (κ2) is 8.00. The van der Waals surface area contributed by atoms with Gasteiger partial charge in [0.05, 0.1) is 10.5 Å². The van der Waals surface area contributed by atoms with Crippen molar-refractivity contribution in [2.45, 2.75) is 6.42 Å². The highest BCUT2D eigenvalue weighted by molar-refractivity contribution is 6.33. The van der Waals surface area contributed by atoms with E-state index in [0.29, 0.717) is 28.7 Å². The lowest BCUT2D eigenvalue weighted by Crippen LogP contribution is -2.27. The summed E-state index contributed by atoms with van der Waals surface area (Å²) in [5.41, 5.74) is 3.83. The Morgan fingerprint density at radius 1 is 1.07 bits per heavy atom. The highest BCUT2D eigenvalue weighted by Crippen LogP contribution is 2.30. The van der Waals surface area contributed by atoms with Gasteiger partial charge in [-0.3, -0.25) is 9.78 Å². The molecule has 7 heteroatoms. The standard InChI is InChI=1S/C21H16Cl2N4O/c22-15-5-3-14(4-6-15)7-10-25-21(28)19-12-16(17-13-24-9-8-18(17)23)20-2-1-11-27(20)26-19/h1-6,8-9,11-13H,7,10H2,(H,25,28). The van der Waals surface area contributed by atoms with E-state index >= 15 is 0 Å². The second-order valence-electron chi connectivity index (χ2n) is 6.27. The van der Waals surface area contributed by atoms with E-state index in [1.807, 2.05) is 36.4 Å². The van der Waals surface area contributed by atoms with E-state index < -0.39 is 0 Å². The minimum absolute atomic E-state index is 0.245. The fraction of sp³-hybridized carbons (Fsp3) is 0.0952. The Bertz CT molecular complexity index is 1140. The SMILES string of the molecule is O=C(NCCc1ccc(Cl)cc1)c1cc(-c2cnccc2Cl)c2cccn2n1. The fourth-order valence-electron chi connectivity index (χ4n) is 2.99. The predicted octanol–water partition coefficient (Wildman–Crippen LogP) is 4.68. The molecule has 0 aliphatic rings. The Hall–Kier alpha value is -2.89. The summed E-state index contributed by atoms with van der Waals surface area (Å²) in [7, 11) is 0. The first kappa shape index (κ1) is 18.5. The van der Waals surface area contributed by atoms with E-state index in [1.54, 1.807) is 35.2 Å². The molecule has 0 spiro atoms. The zero-order valence-electron chi connectivity index (χ0n) is 14.8. The molecule has 0 bridgehead atoms. The van der Waals surface area contributed by atoms with Gasteiger partial charge in [-0.1, -0.05) is 35.3 Å². The average molecular weight is 411 g/mol. The molecule has 0 saturated heterocycles. The molecule has 1 aromatic carbocycles. The van der Waals surface area contributed by atoms with Gasteiger partial charge in [-0.2, -0.15) is 5.10 Å². The number of benzene rings is 1. The number of pyridine rings is 1. The Balaban J connectivity index is 1.57. The molecule has 140 valence electrons. The molecule has 0 aliphatic carbocycles. The summed E-state index contributed by atoms with van der Waals surface area (Å²) in [5.74, 6) is -0.245. The molecule has 0 radical (unpaired) electrons. The van der Waals surface area contributed by atoms with Gasteiger partial charge in [0.25, 0.3) is 5.91 Å². The third kappa shape index (κ3) is 3.86. The number of halogens is 2. The highest BCUT2D eigenvalue weighted by atomic mass is 35.5. The van der Waals surface area contributed by atoms with Crippen LogP contribution in [0.25, 0.3) is 16.6 Å². The maximum Gasteiger partial charge on any atom is 0.271 e. The normalized spacial score (nSPS) is 10.9. The second-order valence-corrected chi connectivity index (χ2v) is 7.11. The molecule has 0 fully saturated rings. The van der Waals surface area contributed by atoms with Crippen LogP contribution in [0.5, 0.6) is 0 Å². The third-order valence-corrected chi connectivity index (χ3v) is 4.99. The first-order valence-electron chi connectivity index (χ1n) is 8.73. The van der Waals surface area contributed by atoms with Crippen molar-refractivity contribution in [3.63, 3.8) is 0 Å². The summed E-state index contributed by atoms with van der Waals surface area (Å²) in [4.78, 5) is 16.8. The lowest BCUT2D eigenvalue weighted by Gasteiger charge is -2.10. The Morgan fingerprint density at radius 2 is 1.89 bits per heavy atom. The Kier molecular flexibility index (Phi) is 5.28. The zero-order chi connectivity index (χ0) is 19.5. The van der Waals surface area contributed by atoms with Crippen LogP contribution in [0.3, 0.4) is 0 Å². The number of carbonyl (C=O) groups is 1. The summed E-state index contributed by atoms with van der Waals surface area (Å²) in [5, 5.41) is 8.59. The molecule has 0 atom stereocenters. The molecule has 1 amide bonds. The first-order chi connectivity index (χ1) is 13.6. The molecule has 0 aliphatic heterocycles. The number of nitrogens with zero attached hydrogens (tertiary/aromatic N) is 3. The number of fused-ring (bicyclic) bond motifs is 1. The van der Waals surface area contributed by atoms with E-state index in [2.05, 4.69) is 15.4 Å². The summed E-state index contributed by atoms with van der Waals surface area (Å²) in [6, 6.07) is 14.8. The van der Waals surface area contributed by atoms with E-state index in [0.717, 1.165) is 22.2 Å². The van der Waals surface area contributed by atoms with Crippen LogP contribution in [0.1, 0.15) is 16.1 Å². The highest BCUT2D eigenvalue weighted by Gasteiger charge is 2.15. The largest absolute Gasteiger partial charge is 0.350 e. The van der Waals surface area contributed by atoms with E-state index in [4.69, 9.17) is 23.2 Å². The van der Waals surface area contributed by atoms with Crippen molar-refractivity contribution < 1.29 is 4.79 Å². The van der Waals surface area contributed by atoms with Crippen LogP contribution in [-0.4, -0.2) is 27.0 Å². The predicted molar refractivity (Wildman–Crippen MR) is 111 cm³/mol. The van der Waals surface area contributed by atoms with Crippen LogP contribution in [0.4, 0.5) is 0 Å². The monoisotopic (exact) mass is 410 g/mol. The van der Waals surface area contributed by atoms with Crippen molar-refractivity contribution in [3.05, 3.63) is 88.4 Å². The van der Waals surface area contributed by atoms with Crippen LogP contribution in [0.2, 0.25) is 10.0 Å². The van der Waals surface area contributed by atoms with Crippen LogP contribution >= 0.6 is 23.2 Å². The molecule has 4 aromatic rings. The summed E-state index contributed by atoms with van der Waals surface area (Å²) in [6.07, 6.45) is 5.82. The maximum atomic E-state index is 12.7. The Labute approximate surface area is 171 Å². The molecular formula is C21H16Cl2N4O. The molecule has 4 rings (SSSR count). The lowest BCUT2D eigenvalue weighted by molar-refractivity contribution is 0.0948. The molecule has 1 N–H and O–H groups in total. The lowest BCUT2D eigenvalue weighted by atomic mass is 10.1. The maximum absolute atomic E-state index is 12.7.